The molecule has 1 heterocycles. The van der Waals surface area contributed by atoms with Crippen LogP contribution in [-0.2, 0) is 6.42 Å². The summed E-state index contributed by atoms with van der Waals surface area (Å²) in [5.41, 5.74) is -0.615. The maximum Gasteiger partial charge on any atom is 0.268 e. The van der Waals surface area contributed by atoms with Crippen LogP contribution in [0.4, 0.5) is 0 Å². The zero-order valence-electron chi connectivity index (χ0n) is 11.9. The fraction of sp³-hybridized carbons (Fsp3) is 0.188. The van der Waals surface area contributed by atoms with Gasteiger partial charge in [-0.1, -0.05) is 31.5 Å². The Kier molecular flexibility index (Phi) is 3.29. The van der Waals surface area contributed by atoms with Crippen LogP contribution in [0.3, 0.4) is 0 Å². The van der Waals surface area contributed by atoms with Crippen LogP contribution in [0.25, 0.3) is 16.8 Å². The molecule has 0 amide bonds. The Morgan fingerprint density at radius 1 is 1.05 bits per heavy atom. The van der Waals surface area contributed by atoms with Crippen molar-refractivity contribution in [2.24, 2.45) is 0 Å². The number of benzene rings is 1. The summed E-state index contributed by atoms with van der Waals surface area (Å²) in [4.78, 5) is 22.9. The Labute approximate surface area is 125 Å². The summed E-state index contributed by atoms with van der Waals surface area (Å²) in [6.07, 6.45) is 1.26. The number of rotatable bonds is 4. The summed E-state index contributed by atoms with van der Waals surface area (Å²) in [5.74, 6) is -0.859. The lowest BCUT2D eigenvalue weighted by molar-refractivity contribution is 0.433. The molecule has 6 heteroatoms. The van der Waals surface area contributed by atoms with Crippen LogP contribution in [-0.4, -0.2) is 20.0 Å². The minimum atomic E-state index is -0.927. The number of aryl methyl sites for hydroxylation is 1. The molecule has 0 aliphatic heterocycles. The van der Waals surface area contributed by atoms with Gasteiger partial charge in [0.05, 0.1) is 22.5 Å². The molecule has 0 bridgehead atoms. The fourth-order valence-electron chi connectivity index (χ4n) is 2.48. The van der Waals surface area contributed by atoms with Crippen molar-refractivity contribution >= 4 is 0 Å². The summed E-state index contributed by atoms with van der Waals surface area (Å²) >= 11 is 0. The number of para-hydroxylation sites is 1. The van der Waals surface area contributed by atoms with Gasteiger partial charge in [0.1, 0.15) is 0 Å². The molecule has 0 saturated carbocycles. The fourth-order valence-corrected chi connectivity index (χ4v) is 2.48. The Balaban J connectivity index is 2.24. The Bertz CT molecular complexity index is 902. The van der Waals surface area contributed by atoms with Crippen LogP contribution < -0.4 is 10.9 Å². The second kappa shape index (κ2) is 5.14. The monoisotopic (exact) mass is 298 g/mol. The predicted molar refractivity (Wildman–Crippen MR) is 81.2 cm³/mol. The molecule has 1 aromatic heterocycles. The molecule has 0 aliphatic rings. The summed E-state index contributed by atoms with van der Waals surface area (Å²) < 4.78 is 1.30. The molecule has 112 valence electrons. The minimum Gasteiger partial charge on any atom is -0.503 e. The van der Waals surface area contributed by atoms with Crippen molar-refractivity contribution in [1.29, 1.82) is 0 Å². The average Bonchev–Trinajstić information content (AvgIpc) is 2.85. The quantitative estimate of drug-likeness (QED) is 0.712. The summed E-state index contributed by atoms with van der Waals surface area (Å²) in [7, 11) is 0. The van der Waals surface area contributed by atoms with Gasteiger partial charge in [-0.2, -0.15) is 5.10 Å². The van der Waals surface area contributed by atoms with E-state index in [1.54, 1.807) is 24.3 Å². The first-order chi connectivity index (χ1) is 10.6. The van der Waals surface area contributed by atoms with E-state index in [-0.39, 0.29) is 17.0 Å². The maximum atomic E-state index is 11.7. The number of hydrogen-bond acceptors (Lipinski definition) is 5. The molecular weight excluding hydrogens is 284 g/mol. The number of aromatic nitrogens is 2. The highest BCUT2D eigenvalue weighted by Crippen LogP contribution is 2.37. The van der Waals surface area contributed by atoms with Gasteiger partial charge in [-0.05, 0) is 18.6 Å². The zero-order chi connectivity index (χ0) is 15.9. The van der Waals surface area contributed by atoms with Crippen molar-refractivity contribution in [3.63, 3.8) is 0 Å². The molecule has 0 radical (unpaired) electrons. The normalized spacial score (nSPS) is 11.1. The molecule has 0 unspecified atom stereocenters. The van der Waals surface area contributed by atoms with Gasteiger partial charge in [-0.15, -0.1) is 0 Å². The Morgan fingerprint density at radius 3 is 2.32 bits per heavy atom. The molecule has 2 aromatic carbocycles. The van der Waals surface area contributed by atoms with E-state index < -0.39 is 16.6 Å². The molecule has 3 rings (SSSR count). The van der Waals surface area contributed by atoms with Gasteiger partial charge < -0.3 is 10.2 Å². The molecule has 0 atom stereocenters. The highest BCUT2D eigenvalue weighted by atomic mass is 16.3. The summed E-state index contributed by atoms with van der Waals surface area (Å²) in [6, 6.07) is 8.94. The lowest BCUT2D eigenvalue weighted by Crippen LogP contribution is -2.32. The average molecular weight is 298 g/mol. The van der Waals surface area contributed by atoms with Gasteiger partial charge >= 0.3 is 0 Å². The second-order valence-corrected chi connectivity index (χ2v) is 5.02. The largest absolute Gasteiger partial charge is 0.503 e. The SMILES string of the molecule is CCCc1nn(-c2ccccc2)c(O)c1-c1c(O)c(=O)c1=O. The molecule has 2 N–H and O–H groups in total. The first kappa shape index (κ1) is 14.1. The number of hydrogen-bond donors (Lipinski definition) is 2. The zero-order valence-corrected chi connectivity index (χ0v) is 11.9. The van der Waals surface area contributed by atoms with E-state index in [1.807, 2.05) is 13.0 Å². The Hall–Kier alpha value is -2.89. The van der Waals surface area contributed by atoms with E-state index in [1.165, 1.54) is 4.68 Å². The third-order valence-corrected chi connectivity index (χ3v) is 3.56. The van der Waals surface area contributed by atoms with E-state index in [9.17, 15) is 19.8 Å². The second-order valence-electron chi connectivity index (χ2n) is 5.02. The van der Waals surface area contributed by atoms with Crippen molar-refractivity contribution in [2.75, 3.05) is 0 Å². The van der Waals surface area contributed by atoms with E-state index in [2.05, 4.69) is 5.10 Å². The van der Waals surface area contributed by atoms with Gasteiger partial charge in [0.15, 0.2) is 5.75 Å². The first-order valence-corrected chi connectivity index (χ1v) is 6.95. The third-order valence-electron chi connectivity index (χ3n) is 3.56. The highest BCUT2D eigenvalue weighted by molar-refractivity contribution is 5.79. The van der Waals surface area contributed by atoms with Gasteiger partial charge in [-0.25, -0.2) is 4.68 Å². The lowest BCUT2D eigenvalue weighted by Gasteiger charge is -2.06. The van der Waals surface area contributed by atoms with Gasteiger partial charge in [0, 0.05) is 0 Å². The molecule has 0 spiro atoms. The van der Waals surface area contributed by atoms with Gasteiger partial charge in [-0.3, -0.25) is 9.59 Å². The number of aromatic hydroxyl groups is 2. The summed E-state index contributed by atoms with van der Waals surface area (Å²) in [6.45, 7) is 1.93. The molecule has 0 fully saturated rings. The molecule has 3 aromatic rings. The van der Waals surface area contributed by atoms with Crippen molar-refractivity contribution in [2.45, 2.75) is 19.8 Å². The van der Waals surface area contributed by atoms with Crippen LogP contribution in [0.1, 0.15) is 19.0 Å². The third kappa shape index (κ3) is 1.92. The lowest BCUT2D eigenvalue weighted by atomic mass is 9.98. The van der Waals surface area contributed by atoms with Crippen LogP contribution in [0.2, 0.25) is 0 Å². The molecule has 22 heavy (non-hydrogen) atoms. The molecular formula is C16H14N2O4. The van der Waals surface area contributed by atoms with Gasteiger partial charge in [0.25, 0.3) is 5.43 Å². The van der Waals surface area contributed by atoms with Crippen LogP contribution >= 0.6 is 0 Å². The minimum absolute atomic E-state index is 0.145. The standard InChI is InChI=1S/C16H14N2O4/c1-2-6-10-11(12-13(19)15(21)14(12)20)16(22)18(17-10)9-7-4-3-5-8-9/h3-5,7-8,19,22H,2,6H2,1H3. The topological polar surface area (TPSA) is 92.4 Å². The van der Waals surface area contributed by atoms with Crippen LogP contribution in [0, 0.1) is 0 Å². The molecule has 0 saturated heterocycles. The van der Waals surface area contributed by atoms with Crippen LogP contribution in [0.15, 0.2) is 39.9 Å². The summed E-state index contributed by atoms with van der Waals surface area (Å²) in [5, 5.41) is 24.4. The van der Waals surface area contributed by atoms with E-state index >= 15 is 0 Å². The molecule has 6 nitrogen and oxygen atoms in total. The Morgan fingerprint density at radius 2 is 1.73 bits per heavy atom. The van der Waals surface area contributed by atoms with Crippen molar-refractivity contribution < 1.29 is 10.2 Å². The van der Waals surface area contributed by atoms with E-state index in [0.717, 1.165) is 6.42 Å². The van der Waals surface area contributed by atoms with Crippen LogP contribution in [0.5, 0.6) is 11.6 Å². The van der Waals surface area contributed by atoms with E-state index in [0.29, 0.717) is 17.8 Å². The highest BCUT2D eigenvalue weighted by Gasteiger charge is 2.30. The predicted octanol–water partition coefficient (Wildman–Crippen LogP) is 1.50. The number of nitrogens with zero attached hydrogens (tertiary/aromatic N) is 2. The van der Waals surface area contributed by atoms with Crippen molar-refractivity contribution in [1.82, 2.24) is 9.78 Å². The van der Waals surface area contributed by atoms with Crippen molar-refractivity contribution in [3.05, 3.63) is 56.5 Å². The van der Waals surface area contributed by atoms with Crippen molar-refractivity contribution in [3.8, 4) is 28.4 Å². The van der Waals surface area contributed by atoms with E-state index in [4.69, 9.17) is 0 Å². The first-order valence-electron chi connectivity index (χ1n) is 6.95. The maximum absolute atomic E-state index is 11.7. The van der Waals surface area contributed by atoms with Gasteiger partial charge in [0.2, 0.25) is 11.3 Å². The molecule has 0 aliphatic carbocycles. The smallest absolute Gasteiger partial charge is 0.268 e.